The highest BCUT2D eigenvalue weighted by molar-refractivity contribution is 5.94. The molecule has 0 spiro atoms. The summed E-state index contributed by atoms with van der Waals surface area (Å²) in [6, 6.07) is 2.65. The number of carbonyl (C=O) groups excluding carboxylic acids is 1. The Hall–Kier alpha value is -2.35. The molecule has 0 radical (unpaired) electrons. The number of anilines is 1. The molecule has 1 aliphatic carbocycles. The maximum absolute atomic E-state index is 12.0. The quantitative estimate of drug-likeness (QED) is 0.642. The molecule has 1 aliphatic heterocycles. The molecule has 1 aromatic rings. The number of nitro benzene ring substituents is 1. The van der Waals surface area contributed by atoms with Crippen molar-refractivity contribution in [2.24, 2.45) is 5.73 Å². The molecule has 112 valence electrons. The number of carbonyl (C=O) groups is 1. The third-order valence-corrected chi connectivity index (χ3v) is 3.82. The van der Waals surface area contributed by atoms with Gasteiger partial charge in [0.1, 0.15) is 5.69 Å². The van der Waals surface area contributed by atoms with Gasteiger partial charge in [0.25, 0.3) is 5.69 Å². The van der Waals surface area contributed by atoms with E-state index < -0.39 is 10.5 Å². The lowest BCUT2D eigenvalue weighted by Crippen LogP contribution is -2.48. The number of rotatable bonds is 4. The maximum atomic E-state index is 12.0. The number of hydrogen-bond donors (Lipinski definition) is 2. The van der Waals surface area contributed by atoms with Gasteiger partial charge in [-0.1, -0.05) is 0 Å². The zero-order valence-corrected chi connectivity index (χ0v) is 11.3. The largest absolute Gasteiger partial charge is 0.454 e. The van der Waals surface area contributed by atoms with Crippen molar-refractivity contribution in [3.8, 4) is 11.5 Å². The lowest BCUT2D eigenvalue weighted by Gasteiger charge is -2.37. The van der Waals surface area contributed by atoms with E-state index >= 15 is 0 Å². The van der Waals surface area contributed by atoms with Gasteiger partial charge in [-0.3, -0.25) is 14.9 Å². The van der Waals surface area contributed by atoms with Crippen molar-refractivity contribution in [1.82, 2.24) is 0 Å². The summed E-state index contributed by atoms with van der Waals surface area (Å²) in [5.74, 6) is 0.343. The van der Waals surface area contributed by atoms with E-state index in [9.17, 15) is 14.9 Å². The Morgan fingerprint density at radius 2 is 2.05 bits per heavy atom. The summed E-state index contributed by atoms with van der Waals surface area (Å²) in [6.45, 7) is 0.00972. The molecule has 0 aromatic heterocycles. The van der Waals surface area contributed by atoms with E-state index in [4.69, 9.17) is 15.2 Å². The average Bonchev–Trinajstić information content (AvgIpc) is 2.82. The highest BCUT2D eigenvalue weighted by Crippen LogP contribution is 2.41. The van der Waals surface area contributed by atoms with Gasteiger partial charge in [0.05, 0.1) is 11.0 Å². The number of amides is 1. The molecule has 0 unspecified atom stereocenters. The summed E-state index contributed by atoms with van der Waals surface area (Å²) in [5, 5.41) is 13.6. The minimum absolute atomic E-state index is 0.00972. The first kappa shape index (κ1) is 13.6. The van der Waals surface area contributed by atoms with Crippen molar-refractivity contribution in [2.45, 2.75) is 31.2 Å². The Morgan fingerprint density at radius 1 is 1.38 bits per heavy atom. The second-order valence-corrected chi connectivity index (χ2v) is 5.42. The molecule has 3 rings (SSSR count). The fraction of sp³-hybridized carbons (Fsp3) is 0.462. The minimum Gasteiger partial charge on any atom is -0.454 e. The zero-order valence-electron chi connectivity index (χ0n) is 11.3. The summed E-state index contributed by atoms with van der Waals surface area (Å²) < 4.78 is 10.3. The number of fused-ring (bicyclic) bond motifs is 1. The first-order valence-electron chi connectivity index (χ1n) is 6.64. The third-order valence-electron chi connectivity index (χ3n) is 3.82. The van der Waals surface area contributed by atoms with Gasteiger partial charge in [0.2, 0.25) is 12.7 Å². The predicted molar refractivity (Wildman–Crippen MR) is 73.2 cm³/mol. The van der Waals surface area contributed by atoms with Gasteiger partial charge in [-0.25, -0.2) is 0 Å². The van der Waals surface area contributed by atoms with Crippen LogP contribution < -0.4 is 20.5 Å². The summed E-state index contributed by atoms with van der Waals surface area (Å²) in [7, 11) is 0. The SMILES string of the molecule is NC1(CC(=O)Nc2cc3c(cc2[N+](=O)[O-])OCO3)CCC1. The molecule has 1 heterocycles. The number of ether oxygens (including phenoxy) is 2. The Bertz CT molecular complexity index is 612. The second-order valence-electron chi connectivity index (χ2n) is 5.42. The van der Waals surface area contributed by atoms with Gasteiger partial charge in [-0.2, -0.15) is 0 Å². The van der Waals surface area contributed by atoms with Crippen LogP contribution in [0.1, 0.15) is 25.7 Å². The number of nitrogens with two attached hydrogens (primary N) is 1. The topological polar surface area (TPSA) is 117 Å². The predicted octanol–water partition coefficient (Wildman–Crippen LogP) is 1.53. The van der Waals surface area contributed by atoms with Crippen LogP contribution in [-0.2, 0) is 4.79 Å². The van der Waals surface area contributed by atoms with E-state index in [1.807, 2.05) is 0 Å². The molecule has 1 aromatic carbocycles. The van der Waals surface area contributed by atoms with Crippen LogP contribution in [-0.4, -0.2) is 23.2 Å². The van der Waals surface area contributed by atoms with Gasteiger partial charge in [-0.15, -0.1) is 0 Å². The molecule has 0 bridgehead atoms. The van der Waals surface area contributed by atoms with Gasteiger partial charge in [-0.05, 0) is 19.3 Å². The molecule has 2 aliphatic rings. The van der Waals surface area contributed by atoms with Crippen molar-refractivity contribution in [3.63, 3.8) is 0 Å². The zero-order chi connectivity index (χ0) is 15.0. The van der Waals surface area contributed by atoms with E-state index in [1.165, 1.54) is 12.1 Å². The molecule has 1 saturated carbocycles. The monoisotopic (exact) mass is 293 g/mol. The van der Waals surface area contributed by atoms with Gasteiger partial charge >= 0.3 is 0 Å². The molecule has 3 N–H and O–H groups in total. The van der Waals surface area contributed by atoms with Crippen LogP contribution in [0.3, 0.4) is 0 Å². The maximum Gasteiger partial charge on any atom is 0.296 e. The lowest BCUT2D eigenvalue weighted by atomic mass is 9.75. The van der Waals surface area contributed by atoms with Crippen molar-refractivity contribution < 1.29 is 19.2 Å². The Balaban J connectivity index is 1.80. The standard InChI is InChI=1S/C13H15N3O5/c14-13(2-1-3-13)6-12(17)15-8-4-10-11(21-7-20-10)5-9(8)16(18)19/h4-5H,1-3,6-7,14H2,(H,15,17). The summed E-state index contributed by atoms with van der Waals surface area (Å²) in [4.78, 5) is 22.5. The van der Waals surface area contributed by atoms with Crippen LogP contribution in [0.25, 0.3) is 0 Å². The van der Waals surface area contributed by atoms with Crippen molar-refractivity contribution in [3.05, 3.63) is 22.2 Å². The first-order chi connectivity index (χ1) is 9.97. The number of benzene rings is 1. The van der Waals surface area contributed by atoms with Crippen LogP contribution in [0.2, 0.25) is 0 Å². The van der Waals surface area contributed by atoms with Gasteiger partial charge in [0, 0.05) is 18.0 Å². The number of nitro groups is 1. The third kappa shape index (κ3) is 2.62. The van der Waals surface area contributed by atoms with E-state index in [0.717, 1.165) is 19.3 Å². The molecule has 0 atom stereocenters. The Morgan fingerprint density at radius 3 is 2.62 bits per heavy atom. The molecule has 1 amide bonds. The Labute approximate surface area is 120 Å². The highest BCUT2D eigenvalue weighted by Gasteiger charge is 2.35. The minimum atomic E-state index is -0.570. The van der Waals surface area contributed by atoms with E-state index in [1.54, 1.807) is 0 Å². The molecular weight excluding hydrogens is 278 g/mol. The lowest BCUT2D eigenvalue weighted by molar-refractivity contribution is -0.384. The van der Waals surface area contributed by atoms with E-state index in [2.05, 4.69) is 5.32 Å². The van der Waals surface area contributed by atoms with Crippen LogP contribution in [0, 0.1) is 10.1 Å². The molecule has 8 nitrogen and oxygen atoms in total. The van der Waals surface area contributed by atoms with Crippen molar-refractivity contribution >= 4 is 17.3 Å². The first-order valence-corrected chi connectivity index (χ1v) is 6.64. The average molecular weight is 293 g/mol. The molecular formula is C13H15N3O5. The number of nitrogens with zero attached hydrogens (tertiary/aromatic N) is 1. The number of hydrogen-bond acceptors (Lipinski definition) is 6. The number of nitrogens with one attached hydrogen (secondary N) is 1. The van der Waals surface area contributed by atoms with Gasteiger partial charge < -0.3 is 20.5 Å². The van der Waals surface area contributed by atoms with Crippen LogP contribution in [0.4, 0.5) is 11.4 Å². The van der Waals surface area contributed by atoms with Crippen LogP contribution in [0.5, 0.6) is 11.5 Å². The molecule has 0 saturated heterocycles. The summed E-state index contributed by atoms with van der Waals surface area (Å²) >= 11 is 0. The normalized spacial score (nSPS) is 18.0. The van der Waals surface area contributed by atoms with Crippen molar-refractivity contribution in [2.75, 3.05) is 12.1 Å². The highest BCUT2D eigenvalue weighted by atomic mass is 16.7. The van der Waals surface area contributed by atoms with Crippen LogP contribution in [0.15, 0.2) is 12.1 Å². The Kier molecular flexibility index (Phi) is 3.17. The fourth-order valence-electron chi connectivity index (χ4n) is 2.50. The molecule has 1 fully saturated rings. The summed E-state index contributed by atoms with van der Waals surface area (Å²) in [6.07, 6.45) is 2.75. The van der Waals surface area contributed by atoms with E-state index in [-0.39, 0.29) is 30.5 Å². The second kappa shape index (κ2) is 4.88. The van der Waals surface area contributed by atoms with E-state index in [0.29, 0.717) is 11.5 Å². The fourth-order valence-corrected chi connectivity index (χ4v) is 2.50. The van der Waals surface area contributed by atoms with Gasteiger partial charge in [0.15, 0.2) is 11.5 Å². The smallest absolute Gasteiger partial charge is 0.296 e. The van der Waals surface area contributed by atoms with Crippen LogP contribution >= 0.6 is 0 Å². The molecule has 8 heteroatoms. The van der Waals surface area contributed by atoms with Crippen molar-refractivity contribution in [1.29, 1.82) is 0 Å². The summed E-state index contributed by atoms with van der Waals surface area (Å²) in [5.41, 5.74) is 5.39. The molecule has 21 heavy (non-hydrogen) atoms.